The lowest BCUT2D eigenvalue weighted by Crippen LogP contribution is -2.39. The molecule has 3 aromatic rings. The maximum Gasteiger partial charge on any atom is 0.485 e. The van der Waals surface area contributed by atoms with Crippen molar-refractivity contribution in [1.82, 2.24) is 0 Å². The second kappa shape index (κ2) is 7.96. The van der Waals surface area contributed by atoms with E-state index in [-0.39, 0.29) is 0 Å². The van der Waals surface area contributed by atoms with Gasteiger partial charge in [0, 0.05) is 18.6 Å². The Kier molecular flexibility index (Phi) is 5.77. The Morgan fingerprint density at radius 1 is 0.966 bits per heavy atom. The molecular formula is C21H18F3NO3S. The van der Waals surface area contributed by atoms with Gasteiger partial charge in [0.1, 0.15) is 0 Å². The number of fused-ring (bicyclic) bond motifs is 3. The molecule has 2 aromatic carbocycles. The van der Waals surface area contributed by atoms with Crippen LogP contribution in [0.1, 0.15) is 11.1 Å². The predicted molar refractivity (Wildman–Crippen MR) is 102 cm³/mol. The monoisotopic (exact) mass is 421 g/mol. The van der Waals surface area contributed by atoms with Gasteiger partial charge in [-0.1, -0.05) is 48.0 Å². The molecule has 8 heteroatoms. The molecule has 1 aliphatic rings. The quantitative estimate of drug-likeness (QED) is 0.336. The van der Waals surface area contributed by atoms with Gasteiger partial charge < -0.3 is 4.55 Å². The van der Waals surface area contributed by atoms with E-state index in [1.807, 2.05) is 0 Å². The molecule has 4 nitrogen and oxygen atoms in total. The van der Waals surface area contributed by atoms with Gasteiger partial charge in [-0.3, -0.25) is 0 Å². The molecule has 1 aliphatic heterocycles. The van der Waals surface area contributed by atoms with Crippen LogP contribution in [-0.4, -0.2) is 18.5 Å². The molecule has 0 spiro atoms. The smallest absolute Gasteiger partial charge is 0.485 e. The van der Waals surface area contributed by atoms with Gasteiger partial charge in [0.15, 0.2) is 22.9 Å². The van der Waals surface area contributed by atoms with Gasteiger partial charge in [0.2, 0.25) is 5.69 Å². The molecule has 0 aliphatic carbocycles. The Hall–Kier alpha value is -2.71. The van der Waals surface area contributed by atoms with E-state index in [0.29, 0.717) is 0 Å². The number of halogens is 3. The van der Waals surface area contributed by atoms with Crippen LogP contribution in [0.2, 0.25) is 0 Å². The average Bonchev–Trinajstić information content (AvgIpc) is 2.67. The number of pyridine rings is 1. The molecular weight excluding hydrogens is 403 g/mol. The zero-order chi connectivity index (χ0) is 21.2. The van der Waals surface area contributed by atoms with Crippen molar-refractivity contribution in [2.75, 3.05) is 0 Å². The lowest BCUT2D eigenvalue weighted by Gasteiger charge is -2.18. The summed E-state index contributed by atoms with van der Waals surface area (Å²) >= 11 is 0. The second-order valence-electron chi connectivity index (χ2n) is 6.63. The van der Waals surface area contributed by atoms with Crippen molar-refractivity contribution in [1.29, 1.82) is 0 Å². The summed E-state index contributed by atoms with van der Waals surface area (Å²) in [7, 11) is -6.09. The van der Waals surface area contributed by atoms with Crippen molar-refractivity contribution in [3.63, 3.8) is 0 Å². The minimum atomic E-state index is -6.09. The van der Waals surface area contributed by atoms with E-state index in [0.717, 1.165) is 13.0 Å². The average molecular weight is 421 g/mol. The highest BCUT2D eigenvalue weighted by atomic mass is 32.2. The second-order valence-corrected chi connectivity index (χ2v) is 8.01. The van der Waals surface area contributed by atoms with Gasteiger partial charge >= 0.3 is 5.51 Å². The fourth-order valence-electron chi connectivity index (χ4n) is 3.22. The van der Waals surface area contributed by atoms with Crippen LogP contribution in [0.15, 0.2) is 66.9 Å². The maximum atomic E-state index is 10.7. The largest absolute Gasteiger partial charge is 0.741 e. The Morgan fingerprint density at radius 2 is 1.62 bits per heavy atom. The molecule has 29 heavy (non-hydrogen) atoms. The zero-order valence-electron chi connectivity index (χ0n) is 15.5. The van der Waals surface area contributed by atoms with Gasteiger partial charge in [-0.25, -0.2) is 8.42 Å². The molecule has 0 radical (unpaired) electrons. The third-order valence-corrected chi connectivity index (χ3v) is 5.18. The summed E-state index contributed by atoms with van der Waals surface area (Å²) in [6.45, 7) is 3.20. The first-order valence-corrected chi connectivity index (χ1v) is 10.2. The minimum Gasteiger partial charge on any atom is -0.741 e. The van der Waals surface area contributed by atoms with E-state index in [1.54, 1.807) is 0 Å². The molecule has 0 bridgehead atoms. The van der Waals surface area contributed by atoms with E-state index >= 15 is 0 Å². The first-order valence-electron chi connectivity index (χ1n) is 8.78. The zero-order valence-corrected chi connectivity index (χ0v) is 16.3. The summed E-state index contributed by atoms with van der Waals surface area (Å²) < 4.78 is 61.3. The van der Waals surface area contributed by atoms with Crippen LogP contribution in [0.3, 0.4) is 0 Å². The van der Waals surface area contributed by atoms with Crippen molar-refractivity contribution in [3.05, 3.63) is 78.0 Å². The Balaban J connectivity index is 0.000000258. The van der Waals surface area contributed by atoms with Gasteiger partial charge in [0.05, 0.1) is 5.56 Å². The highest BCUT2D eigenvalue weighted by Gasteiger charge is 2.36. The van der Waals surface area contributed by atoms with Crippen molar-refractivity contribution in [2.24, 2.45) is 0 Å². The van der Waals surface area contributed by atoms with Gasteiger partial charge in [-0.05, 0) is 29.7 Å². The third kappa shape index (κ3) is 4.65. The molecule has 0 unspecified atom stereocenters. The molecule has 0 atom stereocenters. The number of aryl methyl sites for hydroxylation is 3. The molecule has 152 valence electrons. The number of benzene rings is 2. The molecule has 0 saturated carbocycles. The molecule has 0 amide bonds. The van der Waals surface area contributed by atoms with Gasteiger partial charge in [0.25, 0.3) is 0 Å². The molecule has 4 rings (SSSR count). The topological polar surface area (TPSA) is 61.1 Å². The van der Waals surface area contributed by atoms with E-state index in [1.165, 1.54) is 33.5 Å². The Labute approximate surface area is 167 Å². The Bertz CT molecular complexity index is 1120. The summed E-state index contributed by atoms with van der Waals surface area (Å²) in [6.07, 6.45) is 3.29. The summed E-state index contributed by atoms with van der Waals surface area (Å²) in [6, 6.07) is 22.0. The first-order chi connectivity index (χ1) is 13.6. The molecule has 0 saturated heterocycles. The fraction of sp³-hybridized carbons (Fsp3) is 0.190. The number of hydrogen-bond donors (Lipinski definition) is 0. The third-order valence-electron chi connectivity index (χ3n) is 4.62. The predicted octanol–water partition coefficient (Wildman–Crippen LogP) is 4.22. The SMILES string of the molecule is Cc1ccc(-c2cccc3c2-c2cccc[n+]2CC3)cc1.O=S(=O)([O-])C(F)(F)F. The van der Waals surface area contributed by atoms with Crippen molar-refractivity contribution in [3.8, 4) is 22.4 Å². The van der Waals surface area contributed by atoms with Gasteiger partial charge in [-0.2, -0.15) is 17.7 Å². The van der Waals surface area contributed by atoms with E-state index < -0.39 is 15.6 Å². The summed E-state index contributed by atoms with van der Waals surface area (Å²) in [5.74, 6) is 0. The molecule has 0 fully saturated rings. The van der Waals surface area contributed by atoms with Crippen LogP contribution in [-0.2, 0) is 23.1 Å². The maximum absolute atomic E-state index is 10.7. The lowest BCUT2D eigenvalue weighted by atomic mass is 9.89. The first kappa shape index (κ1) is 21.0. The number of hydrogen-bond acceptors (Lipinski definition) is 3. The Morgan fingerprint density at radius 3 is 2.24 bits per heavy atom. The van der Waals surface area contributed by atoms with Crippen LogP contribution in [0.5, 0.6) is 0 Å². The van der Waals surface area contributed by atoms with E-state index in [2.05, 4.69) is 78.4 Å². The van der Waals surface area contributed by atoms with Crippen molar-refractivity contribution < 1.29 is 30.7 Å². The standard InChI is InChI=1S/C20H18N.CHF3O3S/c1-15-8-10-16(11-9-15)18-6-4-5-17-12-14-21-13-3-2-7-19(21)20(17)18;2-1(3,4)8(5,6)7/h2-11,13H,12,14H2,1H3;(H,5,6,7)/q+1;/p-1. The summed E-state index contributed by atoms with van der Waals surface area (Å²) in [5, 5.41) is 0. The molecule has 1 aromatic heterocycles. The van der Waals surface area contributed by atoms with Gasteiger partial charge in [-0.15, -0.1) is 0 Å². The van der Waals surface area contributed by atoms with E-state index in [4.69, 9.17) is 13.0 Å². The van der Waals surface area contributed by atoms with Crippen LogP contribution in [0.25, 0.3) is 22.4 Å². The molecule has 0 N–H and O–H groups in total. The highest BCUT2D eigenvalue weighted by molar-refractivity contribution is 7.86. The number of aromatic nitrogens is 1. The van der Waals surface area contributed by atoms with E-state index in [9.17, 15) is 13.2 Å². The van der Waals surface area contributed by atoms with Crippen LogP contribution >= 0.6 is 0 Å². The molecule has 2 heterocycles. The van der Waals surface area contributed by atoms with Crippen LogP contribution in [0.4, 0.5) is 13.2 Å². The fourth-order valence-corrected chi connectivity index (χ4v) is 3.22. The minimum absolute atomic E-state index is 1.07. The van der Waals surface area contributed by atoms with Crippen LogP contribution < -0.4 is 4.57 Å². The highest BCUT2D eigenvalue weighted by Crippen LogP contribution is 2.35. The van der Waals surface area contributed by atoms with Crippen LogP contribution in [0, 0.1) is 6.92 Å². The summed E-state index contributed by atoms with van der Waals surface area (Å²) in [5.41, 5.74) is 2.48. The lowest BCUT2D eigenvalue weighted by molar-refractivity contribution is -0.687. The number of alkyl halides is 3. The normalized spacial score (nSPS) is 13.0. The van der Waals surface area contributed by atoms with Crippen molar-refractivity contribution in [2.45, 2.75) is 25.4 Å². The van der Waals surface area contributed by atoms with Crippen molar-refractivity contribution >= 4 is 10.1 Å². The number of rotatable bonds is 1. The summed E-state index contributed by atoms with van der Waals surface area (Å²) in [4.78, 5) is 0. The number of nitrogens with zero attached hydrogens (tertiary/aromatic N) is 1.